The van der Waals surface area contributed by atoms with Gasteiger partial charge in [0.25, 0.3) is 5.91 Å². The molecule has 37 heavy (non-hydrogen) atoms. The monoisotopic (exact) mass is 521 g/mol. The number of unbranched alkanes of at least 4 members (excludes halogenated alkanes) is 3. The number of benzene rings is 3. The highest BCUT2D eigenvalue weighted by atomic mass is 35.5. The number of halogens is 2. The number of hydrogen-bond acceptors (Lipinski definition) is 3. The molecule has 1 heterocycles. The number of aryl methyl sites for hydroxylation is 3. The van der Waals surface area contributed by atoms with E-state index in [0.29, 0.717) is 18.7 Å². The molecule has 0 saturated heterocycles. The molecular formula is C30H33ClFN3O2. The summed E-state index contributed by atoms with van der Waals surface area (Å²) in [5.41, 5.74) is 3.68. The van der Waals surface area contributed by atoms with Crippen LogP contribution in [0, 0.1) is 12.7 Å². The summed E-state index contributed by atoms with van der Waals surface area (Å²) >= 11 is 6.09. The number of carbonyl (C=O) groups is 1. The van der Waals surface area contributed by atoms with Gasteiger partial charge < -0.3 is 14.6 Å². The third-order valence-electron chi connectivity index (χ3n) is 6.38. The van der Waals surface area contributed by atoms with Crippen LogP contribution in [0.5, 0.6) is 5.75 Å². The average Bonchev–Trinajstić information content (AvgIpc) is 3.25. The molecule has 0 aliphatic rings. The Hall–Kier alpha value is -3.38. The van der Waals surface area contributed by atoms with E-state index in [1.807, 2.05) is 31.2 Å². The van der Waals surface area contributed by atoms with Crippen molar-refractivity contribution in [1.82, 2.24) is 14.9 Å². The molecule has 3 aromatic carbocycles. The van der Waals surface area contributed by atoms with Crippen molar-refractivity contribution in [2.75, 3.05) is 13.2 Å². The second-order valence-corrected chi connectivity index (χ2v) is 9.62. The maximum atomic E-state index is 13.0. The van der Waals surface area contributed by atoms with E-state index in [1.54, 1.807) is 0 Å². The summed E-state index contributed by atoms with van der Waals surface area (Å²) in [5.74, 6) is 1.44. The first-order valence-electron chi connectivity index (χ1n) is 12.9. The van der Waals surface area contributed by atoms with Crippen LogP contribution >= 0.6 is 11.6 Å². The minimum absolute atomic E-state index is 0.169. The number of para-hydroxylation sites is 2. The van der Waals surface area contributed by atoms with Crippen molar-refractivity contribution in [1.29, 1.82) is 0 Å². The van der Waals surface area contributed by atoms with Gasteiger partial charge in [0.05, 0.1) is 17.6 Å². The summed E-state index contributed by atoms with van der Waals surface area (Å²) in [6.07, 6.45) is 5.70. The van der Waals surface area contributed by atoms with Gasteiger partial charge in [0.15, 0.2) is 0 Å². The Morgan fingerprint density at radius 3 is 2.62 bits per heavy atom. The third-order valence-corrected chi connectivity index (χ3v) is 6.80. The fourth-order valence-corrected chi connectivity index (χ4v) is 4.44. The number of nitrogens with zero attached hydrogens (tertiary/aromatic N) is 2. The van der Waals surface area contributed by atoms with Crippen LogP contribution < -0.4 is 10.1 Å². The minimum atomic E-state index is -0.344. The lowest BCUT2D eigenvalue weighted by atomic mass is 10.1. The molecule has 194 valence electrons. The third kappa shape index (κ3) is 7.56. The van der Waals surface area contributed by atoms with Crippen molar-refractivity contribution in [2.45, 2.75) is 52.0 Å². The van der Waals surface area contributed by atoms with Crippen molar-refractivity contribution in [2.24, 2.45) is 0 Å². The van der Waals surface area contributed by atoms with Gasteiger partial charge in [-0.15, -0.1) is 0 Å². The lowest BCUT2D eigenvalue weighted by Gasteiger charge is -2.11. The first-order valence-corrected chi connectivity index (χ1v) is 13.3. The highest BCUT2D eigenvalue weighted by Gasteiger charge is 2.10. The number of fused-ring (bicyclic) bond motifs is 1. The first kappa shape index (κ1) is 26.7. The fourth-order valence-electron chi connectivity index (χ4n) is 4.32. The molecule has 4 rings (SSSR count). The Balaban J connectivity index is 1.22. The molecule has 0 bridgehead atoms. The van der Waals surface area contributed by atoms with Gasteiger partial charge in [-0.25, -0.2) is 9.37 Å². The second-order valence-electron chi connectivity index (χ2n) is 9.21. The van der Waals surface area contributed by atoms with E-state index in [9.17, 15) is 9.18 Å². The number of amides is 1. The zero-order valence-corrected chi connectivity index (χ0v) is 21.9. The minimum Gasteiger partial charge on any atom is -0.494 e. The molecule has 0 fully saturated rings. The molecule has 0 saturated carbocycles. The normalized spacial score (nSPS) is 11.1. The van der Waals surface area contributed by atoms with E-state index in [-0.39, 0.29) is 11.7 Å². The van der Waals surface area contributed by atoms with Gasteiger partial charge in [-0.05, 0) is 92.8 Å². The summed E-state index contributed by atoms with van der Waals surface area (Å²) in [6, 6.07) is 19.6. The predicted octanol–water partition coefficient (Wildman–Crippen LogP) is 7.14. The van der Waals surface area contributed by atoms with Crippen LogP contribution in [0.4, 0.5) is 4.39 Å². The van der Waals surface area contributed by atoms with E-state index in [4.69, 9.17) is 21.3 Å². The molecule has 1 N–H and O–H groups in total. The smallest absolute Gasteiger partial charge is 0.251 e. The number of imidazole rings is 1. The second kappa shape index (κ2) is 13.2. The van der Waals surface area contributed by atoms with Crippen LogP contribution in [0.15, 0.2) is 66.7 Å². The highest BCUT2D eigenvalue weighted by Crippen LogP contribution is 2.22. The van der Waals surface area contributed by atoms with Crippen LogP contribution in [0.2, 0.25) is 5.02 Å². The van der Waals surface area contributed by atoms with Crippen molar-refractivity contribution in [3.63, 3.8) is 0 Å². The summed E-state index contributed by atoms with van der Waals surface area (Å²) in [5, 5.41) is 3.66. The quantitative estimate of drug-likeness (QED) is 0.190. The van der Waals surface area contributed by atoms with E-state index < -0.39 is 0 Å². The lowest BCUT2D eigenvalue weighted by Crippen LogP contribution is -2.24. The van der Waals surface area contributed by atoms with Crippen molar-refractivity contribution >= 4 is 28.5 Å². The van der Waals surface area contributed by atoms with Gasteiger partial charge in [-0.2, -0.15) is 0 Å². The van der Waals surface area contributed by atoms with Gasteiger partial charge in [0, 0.05) is 30.1 Å². The molecule has 0 atom stereocenters. The van der Waals surface area contributed by atoms with E-state index >= 15 is 0 Å². The molecule has 1 aromatic heterocycles. The Bertz CT molecular complexity index is 1320. The van der Waals surface area contributed by atoms with Crippen LogP contribution in [0.1, 0.15) is 53.8 Å². The molecule has 5 nitrogen and oxygen atoms in total. The van der Waals surface area contributed by atoms with Gasteiger partial charge in [-0.1, -0.05) is 30.2 Å². The zero-order chi connectivity index (χ0) is 26.0. The number of aromatic nitrogens is 2. The van der Waals surface area contributed by atoms with Crippen LogP contribution in [-0.4, -0.2) is 28.6 Å². The topological polar surface area (TPSA) is 56.1 Å². The summed E-state index contributed by atoms with van der Waals surface area (Å²) < 4.78 is 21.3. The molecule has 0 radical (unpaired) electrons. The van der Waals surface area contributed by atoms with Crippen molar-refractivity contribution in [3.05, 3.63) is 94.5 Å². The molecule has 7 heteroatoms. The van der Waals surface area contributed by atoms with E-state index in [0.717, 1.165) is 72.7 Å². The summed E-state index contributed by atoms with van der Waals surface area (Å²) in [4.78, 5) is 17.0. The van der Waals surface area contributed by atoms with Crippen LogP contribution in [-0.2, 0) is 13.0 Å². The van der Waals surface area contributed by atoms with Gasteiger partial charge in [-0.3, -0.25) is 4.79 Å². The molecular weight excluding hydrogens is 489 g/mol. The molecule has 0 spiro atoms. The van der Waals surface area contributed by atoms with Crippen molar-refractivity contribution < 1.29 is 13.9 Å². The summed E-state index contributed by atoms with van der Waals surface area (Å²) in [6.45, 7) is 4.13. The SMILES string of the molecule is Cc1cc(OCCCCn2c(CCCCCNC(=O)c3ccc(F)cc3)nc3ccccc32)ccc1Cl. The Morgan fingerprint density at radius 1 is 1.00 bits per heavy atom. The summed E-state index contributed by atoms with van der Waals surface area (Å²) in [7, 11) is 0. The zero-order valence-electron chi connectivity index (χ0n) is 21.2. The maximum Gasteiger partial charge on any atom is 0.251 e. The van der Waals surface area contributed by atoms with Gasteiger partial charge >= 0.3 is 0 Å². The first-order chi connectivity index (χ1) is 18.0. The molecule has 0 unspecified atom stereocenters. The number of nitrogens with one attached hydrogen (secondary N) is 1. The predicted molar refractivity (Wildman–Crippen MR) is 147 cm³/mol. The van der Waals surface area contributed by atoms with Gasteiger partial charge in [0.2, 0.25) is 0 Å². The number of carbonyl (C=O) groups excluding carboxylic acids is 1. The molecule has 0 aliphatic carbocycles. The maximum absolute atomic E-state index is 13.0. The van der Waals surface area contributed by atoms with E-state index in [2.05, 4.69) is 28.1 Å². The Morgan fingerprint density at radius 2 is 1.81 bits per heavy atom. The molecule has 4 aromatic rings. The van der Waals surface area contributed by atoms with Crippen LogP contribution in [0.3, 0.4) is 0 Å². The standard InChI is InChI=1S/C30H33ClFN3O2/c1-22-21-25(16-17-26(22)31)37-20-8-7-19-35-28-10-5-4-9-27(28)34-29(35)11-3-2-6-18-33-30(36)23-12-14-24(32)15-13-23/h4-5,9-10,12-17,21H,2-3,6-8,11,18-20H2,1H3,(H,33,36). The van der Waals surface area contributed by atoms with Crippen LogP contribution in [0.25, 0.3) is 11.0 Å². The lowest BCUT2D eigenvalue weighted by molar-refractivity contribution is 0.0953. The van der Waals surface area contributed by atoms with Gasteiger partial charge in [0.1, 0.15) is 17.4 Å². The van der Waals surface area contributed by atoms with E-state index in [1.165, 1.54) is 29.8 Å². The Labute approximate surface area is 222 Å². The molecule has 1 amide bonds. The largest absolute Gasteiger partial charge is 0.494 e. The Kier molecular flexibility index (Phi) is 9.55. The fraction of sp³-hybridized carbons (Fsp3) is 0.333. The average molecular weight is 522 g/mol. The van der Waals surface area contributed by atoms with Crippen molar-refractivity contribution in [3.8, 4) is 5.75 Å². The molecule has 0 aliphatic heterocycles. The number of ether oxygens (including phenoxy) is 1. The number of hydrogen-bond donors (Lipinski definition) is 1. The highest BCUT2D eigenvalue weighted by molar-refractivity contribution is 6.31. The number of rotatable bonds is 13.